The number of hydrogen-bond donors (Lipinski definition) is 1. The van der Waals surface area contributed by atoms with Gasteiger partial charge in [-0.15, -0.1) is 11.8 Å². The van der Waals surface area contributed by atoms with Crippen LogP contribution in [0.5, 0.6) is 0 Å². The molecule has 2 N–H and O–H groups in total. The Morgan fingerprint density at radius 1 is 1.29 bits per heavy atom. The molecule has 0 saturated heterocycles. The Morgan fingerprint density at radius 2 is 2.18 bits per heavy atom. The van der Waals surface area contributed by atoms with E-state index in [1.165, 1.54) is 16.0 Å². The van der Waals surface area contributed by atoms with E-state index in [4.69, 9.17) is 5.73 Å². The van der Waals surface area contributed by atoms with Crippen molar-refractivity contribution in [1.29, 1.82) is 0 Å². The maximum absolute atomic E-state index is 6.38. The fourth-order valence-corrected chi connectivity index (χ4v) is 4.39. The minimum absolute atomic E-state index is 0.237. The van der Waals surface area contributed by atoms with Gasteiger partial charge in [0.2, 0.25) is 0 Å². The molecule has 2 aromatic rings. The van der Waals surface area contributed by atoms with E-state index in [0.717, 1.165) is 12.2 Å². The molecule has 3 rings (SSSR count). The normalized spacial score (nSPS) is 20.2. The summed E-state index contributed by atoms with van der Waals surface area (Å²) < 4.78 is 0. The van der Waals surface area contributed by atoms with Crippen molar-refractivity contribution >= 4 is 23.1 Å². The summed E-state index contributed by atoms with van der Waals surface area (Å²) >= 11 is 3.69. The smallest absolute Gasteiger partial charge is 0.0157 e. The van der Waals surface area contributed by atoms with Gasteiger partial charge < -0.3 is 5.73 Å². The van der Waals surface area contributed by atoms with Crippen LogP contribution < -0.4 is 5.73 Å². The van der Waals surface area contributed by atoms with E-state index >= 15 is 0 Å². The average Bonchev–Trinajstić information content (AvgIpc) is 2.96. The molecule has 0 spiro atoms. The van der Waals surface area contributed by atoms with E-state index < -0.39 is 0 Å². The van der Waals surface area contributed by atoms with Crippen LogP contribution >= 0.6 is 23.1 Å². The van der Waals surface area contributed by atoms with Gasteiger partial charge in [-0.05, 0) is 40.4 Å². The molecule has 0 radical (unpaired) electrons. The molecular formula is C14H15NS2. The van der Waals surface area contributed by atoms with Crippen molar-refractivity contribution in [2.45, 2.75) is 23.3 Å². The fraction of sp³-hybridized carbons (Fsp3) is 0.286. The lowest BCUT2D eigenvalue weighted by Crippen LogP contribution is -2.30. The number of nitrogens with two attached hydrogens (primary N) is 1. The van der Waals surface area contributed by atoms with Gasteiger partial charge in [0.05, 0.1) is 0 Å². The molecular weight excluding hydrogens is 246 g/mol. The van der Waals surface area contributed by atoms with Crippen molar-refractivity contribution in [3.63, 3.8) is 0 Å². The summed E-state index contributed by atoms with van der Waals surface area (Å²) in [5.74, 6) is 1.64. The van der Waals surface area contributed by atoms with Crippen LogP contribution in [0.2, 0.25) is 0 Å². The van der Waals surface area contributed by atoms with Crippen molar-refractivity contribution in [1.82, 2.24) is 0 Å². The molecule has 2 atom stereocenters. The molecule has 0 fully saturated rings. The highest BCUT2D eigenvalue weighted by molar-refractivity contribution is 7.99. The quantitative estimate of drug-likeness (QED) is 0.915. The van der Waals surface area contributed by atoms with Gasteiger partial charge in [0, 0.05) is 22.6 Å². The van der Waals surface area contributed by atoms with Crippen LogP contribution in [0.15, 0.2) is 46.0 Å². The Balaban J connectivity index is 1.78. The highest BCUT2D eigenvalue weighted by Gasteiger charge is 2.27. The Labute approximate surface area is 110 Å². The van der Waals surface area contributed by atoms with Crippen LogP contribution in [-0.2, 0) is 6.42 Å². The van der Waals surface area contributed by atoms with Crippen LogP contribution in [-0.4, -0.2) is 11.8 Å². The first-order valence-electron chi connectivity index (χ1n) is 5.83. The maximum atomic E-state index is 6.38. The molecule has 0 saturated carbocycles. The summed E-state index contributed by atoms with van der Waals surface area (Å²) in [5, 5.41) is 4.33. The lowest BCUT2D eigenvalue weighted by atomic mass is 9.90. The second-order valence-corrected chi connectivity index (χ2v) is 6.30. The molecule has 2 unspecified atom stereocenters. The number of fused-ring (bicyclic) bond motifs is 1. The van der Waals surface area contributed by atoms with Crippen molar-refractivity contribution in [2.24, 2.45) is 5.73 Å². The summed E-state index contributed by atoms with van der Waals surface area (Å²) in [6.45, 7) is 0. The lowest BCUT2D eigenvalue weighted by molar-refractivity contribution is 0.572. The van der Waals surface area contributed by atoms with Gasteiger partial charge in [0.15, 0.2) is 0 Å². The first-order chi connectivity index (χ1) is 8.34. The SMILES string of the molecule is NC(Cc1ccsc1)C1CSc2ccccc21. The molecule has 17 heavy (non-hydrogen) atoms. The van der Waals surface area contributed by atoms with Gasteiger partial charge in [0.1, 0.15) is 0 Å². The molecule has 3 heteroatoms. The van der Waals surface area contributed by atoms with E-state index in [-0.39, 0.29) is 6.04 Å². The van der Waals surface area contributed by atoms with Crippen molar-refractivity contribution < 1.29 is 0 Å². The molecule has 0 bridgehead atoms. The molecule has 0 amide bonds. The van der Waals surface area contributed by atoms with Crippen LogP contribution in [0.25, 0.3) is 0 Å². The van der Waals surface area contributed by atoms with Crippen LogP contribution in [0.1, 0.15) is 17.0 Å². The Morgan fingerprint density at radius 3 is 3.00 bits per heavy atom. The van der Waals surface area contributed by atoms with Crippen LogP contribution in [0, 0.1) is 0 Å². The predicted octanol–water partition coefficient (Wildman–Crippen LogP) is 3.51. The number of rotatable bonds is 3. The molecule has 1 aromatic heterocycles. The van der Waals surface area contributed by atoms with Crippen LogP contribution in [0.4, 0.5) is 0 Å². The first-order valence-corrected chi connectivity index (χ1v) is 7.76. The number of hydrogen-bond acceptors (Lipinski definition) is 3. The standard InChI is InChI=1S/C14H15NS2/c15-13(7-10-5-6-16-8-10)12-9-17-14-4-2-1-3-11(12)14/h1-6,8,12-13H,7,9,15H2. The highest BCUT2D eigenvalue weighted by atomic mass is 32.2. The Kier molecular flexibility index (Phi) is 3.23. The van der Waals surface area contributed by atoms with Crippen LogP contribution in [0.3, 0.4) is 0 Å². The van der Waals surface area contributed by atoms with E-state index in [0.29, 0.717) is 5.92 Å². The Hall–Kier alpha value is -0.770. The zero-order chi connectivity index (χ0) is 11.7. The second kappa shape index (κ2) is 4.84. The highest BCUT2D eigenvalue weighted by Crippen LogP contribution is 2.41. The summed E-state index contributed by atoms with van der Waals surface area (Å²) in [4.78, 5) is 1.42. The van der Waals surface area contributed by atoms with Gasteiger partial charge in [-0.2, -0.15) is 11.3 Å². The zero-order valence-electron chi connectivity index (χ0n) is 9.50. The van der Waals surface area contributed by atoms with Gasteiger partial charge in [-0.25, -0.2) is 0 Å². The summed E-state index contributed by atoms with van der Waals surface area (Å²) in [6, 6.07) is 11.1. The minimum Gasteiger partial charge on any atom is -0.327 e. The number of thioether (sulfide) groups is 1. The average molecular weight is 261 g/mol. The Bertz CT molecular complexity index is 493. The number of benzene rings is 1. The van der Waals surface area contributed by atoms with E-state index in [1.54, 1.807) is 11.3 Å². The third kappa shape index (κ3) is 2.28. The van der Waals surface area contributed by atoms with Crippen molar-refractivity contribution in [2.75, 3.05) is 5.75 Å². The topological polar surface area (TPSA) is 26.0 Å². The molecule has 1 aliphatic rings. The molecule has 1 aliphatic heterocycles. The molecule has 1 aromatic carbocycles. The summed E-state index contributed by atoms with van der Waals surface area (Å²) in [6.07, 6.45) is 0.989. The molecule has 2 heterocycles. The van der Waals surface area contributed by atoms with Gasteiger partial charge in [-0.1, -0.05) is 18.2 Å². The van der Waals surface area contributed by atoms with E-state index in [1.807, 2.05) is 11.8 Å². The largest absolute Gasteiger partial charge is 0.327 e. The molecule has 88 valence electrons. The molecule has 1 nitrogen and oxygen atoms in total. The summed E-state index contributed by atoms with van der Waals surface area (Å²) in [5.41, 5.74) is 9.19. The van der Waals surface area contributed by atoms with Gasteiger partial charge in [-0.3, -0.25) is 0 Å². The van der Waals surface area contributed by atoms with Crippen molar-refractivity contribution in [3.05, 3.63) is 52.2 Å². The molecule has 0 aliphatic carbocycles. The number of thiophene rings is 1. The minimum atomic E-state index is 0.237. The van der Waals surface area contributed by atoms with E-state index in [9.17, 15) is 0 Å². The zero-order valence-corrected chi connectivity index (χ0v) is 11.1. The maximum Gasteiger partial charge on any atom is 0.0157 e. The predicted molar refractivity (Wildman–Crippen MR) is 75.9 cm³/mol. The monoisotopic (exact) mass is 261 g/mol. The second-order valence-electron chi connectivity index (χ2n) is 4.45. The first kappa shape index (κ1) is 11.3. The van der Waals surface area contributed by atoms with E-state index in [2.05, 4.69) is 41.1 Å². The fourth-order valence-electron chi connectivity index (χ4n) is 2.37. The lowest BCUT2D eigenvalue weighted by Gasteiger charge is -2.19. The third-order valence-electron chi connectivity index (χ3n) is 3.31. The van der Waals surface area contributed by atoms with Gasteiger partial charge in [0.25, 0.3) is 0 Å². The van der Waals surface area contributed by atoms with Crippen molar-refractivity contribution in [3.8, 4) is 0 Å². The van der Waals surface area contributed by atoms with Gasteiger partial charge >= 0.3 is 0 Å². The third-order valence-corrected chi connectivity index (χ3v) is 5.25. The summed E-state index contributed by atoms with van der Waals surface area (Å²) in [7, 11) is 0.